The minimum absolute atomic E-state index is 0.505. The molecule has 0 bridgehead atoms. The zero-order valence-corrected chi connectivity index (χ0v) is 11.6. The summed E-state index contributed by atoms with van der Waals surface area (Å²) in [4.78, 5) is 4.61. The number of hydrogen-bond donors (Lipinski definition) is 1. The highest BCUT2D eigenvalue weighted by Crippen LogP contribution is 2.25. The van der Waals surface area contributed by atoms with Crippen molar-refractivity contribution in [3.8, 4) is 0 Å². The second-order valence-corrected chi connectivity index (χ2v) is 5.12. The molecule has 0 saturated heterocycles. The molecule has 1 heterocycles. The number of anilines is 1. The van der Waals surface area contributed by atoms with Crippen molar-refractivity contribution in [2.75, 3.05) is 5.73 Å². The first-order valence-electron chi connectivity index (χ1n) is 6.87. The van der Waals surface area contributed by atoms with Gasteiger partial charge in [-0.2, -0.15) is 0 Å². The highest BCUT2D eigenvalue weighted by atomic mass is 15.1. The van der Waals surface area contributed by atoms with E-state index in [2.05, 4.69) is 36.4 Å². The molecule has 1 atom stereocenters. The van der Waals surface area contributed by atoms with Gasteiger partial charge in [-0.3, -0.25) is 0 Å². The van der Waals surface area contributed by atoms with E-state index >= 15 is 0 Å². The van der Waals surface area contributed by atoms with E-state index in [1.54, 1.807) is 0 Å². The summed E-state index contributed by atoms with van der Waals surface area (Å²) in [5.41, 5.74) is 8.80. The van der Waals surface area contributed by atoms with Gasteiger partial charge in [0, 0.05) is 11.7 Å². The van der Waals surface area contributed by atoms with E-state index in [-0.39, 0.29) is 0 Å². The molecule has 98 valence electrons. The quantitative estimate of drug-likeness (QED) is 0.637. The van der Waals surface area contributed by atoms with Crippen LogP contribution in [0.3, 0.4) is 0 Å². The molecular formula is C15H23N3. The van der Waals surface area contributed by atoms with Crippen molar-refractivity contribution in [1.29, 1.82) is 0 Å². The van der Waals surface area contributed by atoms with Crippen LogP contribution in [0.15, 0.2) is 18.2 Å². The highest BCUT2D eigenvalue weighted by molar-refractivity contribution is 5.79. The smallest absolute Gasteiger partial charge is 0.106 e. The van der Waals surface area contributed by atoms with Gasteiger partial charge in [0.05, 0.1) is 11.0 Å². The van der Waals surface area contributed by atoms with Gasteiger partial charge >= 0.3 is 0 Å². The number of nitrogens with two attached hydrogens (primary N) is 1. The third-order valence-electron chi connectivity index (χ3n) is 3.56. The van der Waals surface area contributed by atoms with Crippen LogP contribution >= 0.6 is 0 Å². The zero-order chi connectivity index (χ0) is 13.1. The van der Waals surface area contributed by atoms with Gasteiger partial charge in [0.25, 0.3) is 0 Å². The first-order valence-corrected chi connectivity index (χ1v) is 6.87. The van der Waals surface area contributed by atoms with Gasteiger partial charge in [-0.1, -0.05) is 26.2 Å². The van der Waals surface area contributed by atoms with Crippen LogP contribution in [0.1, 0.15) is 51.4 Å². The monoisotopic (exact) mass is 245 g/mol. The van der Waals surface area contributed by atoms with Gasteiger partial charge in [0.1, 0.15) is 5.82 Å². The van der Waals surface area contributed by atoms with E-state index in [0.29, 0.717) is 6.04 Å². The Morgan fingerprint density at radius 1 is 1.33 bits per heavy atom. The number of aryl methyl sites for hydroxylation is 1. The number of hydrogen-bond acceptors (Lipinski definition) is 2. The molecule has 0 spiro atoms. The zero-order valence-electron chi connectivity index (χ0n) is 11.6. The van der Waals surface area contributed by atoms with E-state index in [0.717, 1.165) is 17.0 Å². The lowest BCUT2D eigenvalue weighted by molar-refractivity contribution is 0.479. The lowest BCUT2D eigenvalue weighted by Crippen LogP contribution is -2.07. The van der Waals surface area contributed by atoms with E-state index in [1.165, 1.54) is 31.2 Å². The minimum Gasteiger partial charge on any atom is -0.399 e. The maximum absolute atomic E-state index is 5.81. The van der Waals surface area contributed by atoms with Gasteiger partial charge in [0.2, 0.25) is 0 Å². The number of rotatable bonds is 5. The fraction of sp³-hybridized carbons (Fsp3) is 0.533. The summed E-state index contributed by atoms with van der Waals surface area (Å²) in [6, 6.07) is 6.50. The lowest BCUT2D eigenvalue weighted by atomic mass is 10.1. The summed E-state index contributed by atoms with van der Waals surface area (Å²) in [5.74, 6) is 1.08. The predicted octanol–water partition coefficient (Wildman–Crippen LogP) is 4.07. The average Bonchev–Trinajstić information content (AvgIpc) is 2.64. The number of unbranched alkanes of at least 4 members (excludes halogenated alkanes) is 2. The second kappa shape index (κ2) is 5.42. The van der Waals surface area contributed by atoms with Crippen LogP contribution in [-0.4, -0.2) is 9.55 Å². The summed E-state index contributed by atoms with van der Waals surface area (Å²) in [6.45, 7) is 6.60. The summed E-state index contributed by atoms with van der Waals surface area (Å²) in [5, 5.41) is 0. The Bertz CT molecular complexity index is 528. The first-order chi connectivity index (χ1) is 8.63. The van der Waals surface area contributed by atoms with Crippen molar-refractivity contribution in [3.05, 3.63) is 24.0 Å². The predicted molar refractivity (Wildman–Crippen MR) is 77.7 cm³/mol. The van der Waals surface area contributed by atoms with E-state index in [9.17, 15) is 0 Å². The van der Waals surface area contributed by atoms with Crippen LogP contribution in [0.2, 0.25) is 0 Å². The summed E-state index contributed by atoms with van der Waals surface area (Å²) in [6.07, 6.45) is 5.08. The van der Waals surface area contributed by atoms with Crippen LogP contribution in [0, 0.1) is 6.92 Å². The third-order valence-corrected chi connectivity index (χ3v) is 3.56. The molecular weight excluding hydrogens is 222 g/mol. The number of imidazole rings is 1. The Morgan fingerprint density at radius 2 is 2.11 bits per heavy atom. The fourth-order valence-electron chi connectivity index (χ4n) is 2.61. The van der Waals surface area contributed by atoms with E-state index < -0.39 is 0 Å². The molecule has 2 rings (SSSR count). The van der Waals surface area contributed by atoms with Crippen LogP contribution < -0.4 is 5.73 Å². The van der Waals surface area contributed by atoms with Gasteiger partial charge in [-0.15, -0.1) is 0 Å². The maximum atomic E-state index is 5.81. The van der Waals surface area contributed by atoms with Crippen molar-refractivity contribution in [1.82, 2.24) is 9.55 Å². The van der Waals surface area contributed by atoms with Crippen molar-refractivity contribution >= 4 is 16.7 Å². The Labute approximate surface area is 109 Å². The standard InChI is InChI=1S/C15H23N3/c1-4-5-6-7-11(2)18-12(3)17-14-10-13(16)8-9-15(14)18/h8-11H,4-7,16H2,1-3H3. The molecule has 1 unspecified atom stereocenters. The SMILES string of the molecule is CCCCCC(C)n1c(C)nc2cc(N)ccc21. The molecule has 2 N–H and O–H groups in total. The summed E-state index contributed by atoms with van der Waals surface area (Å²) < 4.78 is 2.34. The minimum atomic E-state index is 0.505. The van der Waals surface area contributed by atoms with Gasteiger partial charge in [-0.05, 0) is 38.5 Å². The van der Waals surface area contributed by atoms with Gasteiger partial charge < -0.3 is 10.3 Å². The highest BCUT2D eigenvalue weighted by Gasteiger charge is 2.12. The van der Waals surface area contributed by atoms with Gasteiger partial charge in [0.15, 0.2) is 0 Å². The molecule has 3 heteroatoms. The molecule has 1 aromatic heterocycles. The van der Waals surface area contributed by atoms with Crippen LogP contribution in [0.4, 0.5) is 5.69 Å². The van der Waals surface area contributed by atoms with E-state index in [4.69, 9.17) is 5.73 Å². The molecule has 0 saturated carbocycles. The molecule has 0 aliphatic carbocycles. The molecule has 1 aromatic carbocycles. The maximum Gasteiger partial charge on any atom is 0.106 e. The van der Waals surface area contributed by atoms with Crippen molar-refractivity contribution in [3.63, 3.8) is 0 Å². The number of fused-ring (bicyclic) bond motifs is 1. The van der Waals surface area contributed by atoms with Crippen molar-refractivity contribution in [2.24, 2.45) is 0 Å². The van der Waals surface area contributed by atoms with Crippen LogP contribution in [0.25, 0.3) is 11.0 Å². The number of aromatic nitrogens is 2. The molecule has 0 radical (unpaired) electrons. The number of nitrogen functional groups attached to an aromatic ring is 1. The van der Waals surface area contributed by atoms with Crippen LogP contribution in [0.5, 0.6) is 0 Å². The molecule has 0 fully saturated rings. The molecule has 0 aliphatic heterocycles. The molecule has 18 heavy (non-hydrogen) atoms. The molecule has 2 aromatic rings. The average molecular weight is 245 g/mol. The molecule has 0 amide bonds. The fourth-order valence-corrected chi connectivity index (χ4v) is 2.61. The number of benzene rings is 1. The largest absolute Gasteiger partial charge is 0.399 e. The normalized spacial score (nSPS) is 13.1. The summed E-state index contributed by atoms with van der Waals surface area (Å²) >= 11 is 0. The third kappa shape index (κ3) is 2.50. The molecule has 3 nitrogen and oxygen atoms in total. The topological polar surface area (TPSA) is 43.8 Å². The second-order valence-electron chi connectivity index (χ2n) is 5.12. The van der Waals surface area contributed by atoms with Crippen molar-refractivity contribution in [2.45, 2.75) is 52.5 Å². The Kier molecular flexibility index (Phi) is 3.90. The Morgan fingerprint density at radius 3 is 2.83 bits per heavy atom. The Hall–Kier alpha value is -1.51. The Balaban J connectivity index is 2.29. The molecule has 0 aliphatic rings. The summed E-state index contributed by atoms with van der Waals surface area (Å²) in [7, 11) is 0. The first kappa shape index (κ1) is 12.9. The van der Waals surface area contributed by atoms with Crippen LogP contribution in [-0.2, 0) is 0 Å². The van der Waals surface area contributed by atoms with E-state index in [1.807, 2.05) is 12.1 Å². The van der Waals surface area contributed by atoms with Gasteiger partial charge in [-0.25, -0.2) is 4.98 Å². The van der Waals surface area contributed by atoms with Crippen molar-refractivity contribution < 1.29 is 0 Å². The number of nitrogens with zero attached hydrogens (tertiary/aromatic N) is 2. The lowest BCUT2D eigenvalue weighted by Gasteiger charge is -2.16.